The highest BCUT2D eigenvalue weighted by atomic mass is 32.2. The van der Waals surface area contributed by atoms with Crippen LogP contribution in [-0.4, -0.2) is 98.3 Å². The number of aliphatic hydroxyl groups is 1. The van der Waals surface area contributed by atoms with Crippen molar-refractivity contribution in [3.63, 3.8) is 0 Å². The number of anilines is 1. The van der Waals surface area contributed by atoms with Gasteiger partial charge in [0.05, 0.1) is 19.7 Å². The van der Waals surface area contributed by atoms with Gasteiger partial charge in [-0.05, 0) is 53.1 Å². The molecular formula is C26H37N5O6S. The van der Waals surface area contributed by atoms with E-state index >= 15 is 0 Å². The summed E-state index contributed by atoms with van der Waals surface area (Å²) in [6.45, 7) is 7.46. The molecule has 3 atom stereocenters. The summed E-state index contributed by atoms with van der Waals surface area (Å²) in [5.41, 5.74) is 1.68. The maximum atomic E-state index is 13.6. The van der Waals surface area contributed by atoms with E-state index in [-0.39, 0.29) is 42.3 Å². The van der Waals surface area contributed by atoms with Crippen molar-refractivity contribution in [2.24, 2.45) is 5.92 Å². The summed E-state index contributed by atoms with van der Waals surface area (Å²) in [7, 11) is 1.49. The zero-order valence-electron chi connectivity index (χ0n) is 23.0. The molecule has 11 nitrogen and oxygen atoms in total. The van der Waals surface area contributed by atoms with Gasteiger partial charge in [-0.15, -0.1) is 0 Å². The third-order valence-electron chi connectivity index (χ3n) is 6.36. The Morgan fingerprint density at radius 2 is 2.03 bits per heavy atom. The Bertz CT molecular complexity index is 1290. The standard InChI is InChI=1S/C26H37N5O6S/c1-17-14-31(18(2)16-32)38(34,35)24-11-10-21(9-8-12-29(5)6)13-22(24)36-23(17)15-30(7)26(33)27-25-19(3)28-37-20(25)4/h10-11,13,17-18,23,32H,12,14-16H2,1-7H3,(H,27,33)/t17-,18-,23+/m0/s1. The average molecular weight is 548 g/mol. The first-order valence-corrected chi connectivity index (χ1v) is 13.8. The number of sulfonamides is 1. The van der Waals surface area contributed by atoms with Crippen molar-refractivity contribution < 1.29 is 27.6 Å². The number of ether oxygens (including phenoxy) is 1. The Labute approximate surface area is 224 Å². The van der Waals surface area contributed by atoms with Crippen molar-refractivity contribution in [1.29, 1.82) is 0 Å². The van der Waals surface area contributed by atoms with E-state index in [1.807, 2.05) is 25.9 Å². The minimum Gasteiger partial charge on any atom is -0.487 e. The number of fused-ring (bicyclic) bond motifs is 1. The summed E-state index contributed by atoms with van der Waals surface area (Å²) in [4.78, 5) is 16.4. The molecule has 2 amide bonds. The zero-order valence-corrected chi connectivity index (χ0v) is 23.8. The molecule has 38 heavy (non-hydrogen) atoms. The number of aromatic nitrogens is 1. The summed E-state index contributed by atoms with van der Waals surface area (Å²) >= 11 is 0. The van der Waals surface area contributed by atoms with Crippen LogP contribution in [0.1, 0.15) is 30.9 Å². The van der Waals surface area contributed by atoms with Crippen molar-refractivity contribution in [3.8, 4) is 17.6 Å². The van der Waals surface area contributed by atoms with Crippen LogP contribution in [0.4, 0.5) is 10.5 Å². The Hall–Kier alpha value is -3.11. The second-order valence-corrected chi connectivity index (χ2v) is 11.8. The number of amides is 2. The number of nitrogens with zero attached hydrogens (tertiary/aromatic N) is 4. The van der Waals surface area contributed by atoms with E-state index in [9.17, 15) is 18.3 Å². The normalized spacial score (nSPS) is 19.8. The summed E-state index contributed by atoms with van der Waals surface area (Å²) in [6, 6.07) is 3.73. The van der Waals surface area contributed by atoms with Crippen molar-refractivity contribution in [1.82, 2.24) is 19.3 Å². The molecule has 1 aromatic carbocycles. The van der Waals surface area contributed by atoms with Crippen LogP contribution in [0, 0.1) is 31.6 Å². The molecule has 0 saturated carbocycles. The number of aryl methyl sites for hydroxylation is 2. The monoisotopic (exact) mass is 547 g/mol. The molecule has 0 spiro atoms. The molecule has 0 fully saturated rings. The first kappa shape index (κ1) is 29.4. The van der Waals surface area contributed by atoms with Gasteiger partial charge in [0.25, 0.3) is 0 Å². The number of benzene rings is 1. The van der Waals surface area contributed by atoms with E-state index in [1.165, 1.54) is 15.3 Å². The fourth-order valence-corrected chi connectivity index (χ4v) is 5.86. The Morgan fingerprint density at radius 3 is 2.63 bits per heavy atom. The van der Waals surface area contributed by atoms with Crippen LogP contribution in [0.25, 0.3) is 0 Å². The molecule has 2 aromatic rings. The molecule has 0 bridgehead atoms. The molecule has 12 heteroatoms. The summed E-state index contributed by atoms with van der Waals surface area (Å²) in [5.74, 6) is 6.43. The maximum Gasteiger partial charge on any atom is 0.321 e. The minimum atomic E-state index is -3.97. The van der Waals surface area contributed by atoms with Gasteiger partial charge in [-0.1, -0.05) is 23.9 Å². The molecule has 0 unspecified atom stereocenters. The number of urea groups is 1. The van der Waals surface area contributed by atoms with Crippen molar-refractivity contribution >= 4 is 21.7 Å². The highest BCUT2D eigenvalue weighted by molar-refractivity contribution is 7.89. The van der Waals surface area contributed by atoms with Gasteiger partial charge in [0.2, 0.25) is 10.0 Å². The van der Waals surface area contributed by atoms with Crippen LogP contribution in [0.3, 0.4) is 0 Å². The molecule has 1 aliphatic heterocycles. The molecule has 1 aliphatic rings. The van der Waals surface area contributed by atoms with Gasteiger partial charge in [0.15, 0.2) is 5.76 Å². The summed E-state index contributed by atoms with van der Waals surface area (Å²) in [5, 5.41) is 16.5. The van der Waals surface area contributed by atoms with E-state index in [0.717, 1.165) is 0 Å². The number of likely N-dealkylation sites (N-methyl/N-ethyl adjacent to an activating group) is 1. The molecule has 3 rings (SSSR count). The number of aliphatic hydroxyl groups excluding tert-OH is 1. The van der Waals surface area contributed by atoms with E-state index in [4.69, 9.17) is 9.26 Å². The fraction of sp³-hybridized carbons (Fsp3) is 0.538. The highest BCUT2D eigenvalue weighted by Gasteiger charge is 2.38. The quantitative estimate of drug-likeness (QED) is 0.527. The molecule has 0 aliphatic carbocycles. The summed E-state index contributed by atoms with van der Waals surface area (Å²) in [6.07, 6.45) is -0.553. The van der Waals surface area contributed by atoms with Crippen LogP contribution in [0.5, 0.6) is 5.75 Å². The van der Waals surface area contributed by atoms with Gasteiger partial charge in [-0.3, -0.25) is 4.90 Å². The Morgan fingerprint density at radius 1 is 1.32 bits per heavy atom. The van der Waals surface area contributed by atoms with Gasteiger partial charge in [-0.25, -0.2) is 13.2 Å². The molecule has 0 saturated heterocycles. The van der Waals surface area contributed by atoms with Crippen molar-refractivity contribution in [2.75, 3.05) is 52.7 Å². The van der Waals surface area contributed by atoms with Gasteiger partial charge in [-0.2, -0.15) is 4.31 Å². The predicted molar refractivity (Wildman–Crippen MR) is 144 cm³/mol. The van der Waals surface area contributed by atoms with Crippen LogP contribution in [0.15, 0.2) is 27.6 Å². The van der Waals surface area contributed by atoms with Crippen LogP contribution in [0.2, 0.25) is 0 Å². The van der Waals surface area contributed by atoms with Gasteiger partial charge in [0.1, 0.15) is 28.1 Å². The molecule has 1 aromatic heterocycles. The SMILES string of the molecule is Cc1noc(C)c1NC(=O)N(C)C[C@H]1Oc2cc(C#CCN(C)C)ccc2S(=O)(=O)N([C@@H](C)CO)C[C@@H]1C. The topological polar surface area (TPSA) is 128 Å². The molecule has 2 heterocycles. The Kier molecular flexibility index (Phi) is 9.43. The van der Waals surface area contributed by atoms with Crippen LogP contribution < -0.4 is 10.1 Å². The van der Waals surface area contributed by atoms with Crippen LogP contribution in [-0.2, 0) is 10.0 Å². The van der Waals surface area contributed by atoms with E-state index in [1.54, 1.807) is 40.0 Å². The number of hydrogen-bond acceptors (Lipinski definition) is 8. The summed E-state index contributed by atoms with van der Waals surface area (Å²) < 4.78 is 40.0. The van der Waals surface area contributed by atoms with Crippen molar-refractivity contribution in [2.45, 2.75) is 44.7 Å². The molecule has 208 valence electrons. The highest BCUT2D eigenvalue weighted by Crippen LogP contribution is 2.34. The number of hydrogen-bond donors (Lipinski definition) is 2. The Balaban J connectivity index is 1.96. The molecular weight excluding hydrogens is 510 g/mol. The van der Waals surface area contributed by atoms with E-state index in [0.29, 0.717) is 29.2 Å². The smallest absolute Gasteiger partial charge is 0.321 e. The van der Waals surface area contributed by atoms with Gasteiger partial charge >= 0.3 is 6.03 Å². The van der Waals surface area contributed by atoms with E-state index < -0.39 is 22.2 Å². The third kappa shape index (κ3) is 6.66. The first-order chi connectivity index (χ1) is 17.8. The second kappa shape index (κ2) is 12.2. The lowest BCUT2D eigenvalue weighted by molar-refractivity contribution is 0.0830. The number of carbonyl (C=O) groups is 1. The van der Waals surface area contributed by atoms with Crippen molar-refractivity contribution in [3.05, 3.63) is 35.2 Å². The van der Waals surface area contributed by atoms with Crippen LogP contribution >= 0.6 is 0 Å². The minimum absolute atomic E-state index is 0.00400. The number of carbonyl (C=O) groups excluding carboxylic acids is 1. The lowest BCUT2D eigenvalue weighted by atomic mass is 10.0. The number of nitrogens with one attached hydrogen (secondary N) is 1. The maximum absolute atomic E-state index is 13.6. The molecule has 2 N–H and O–H groups in total. The van der Waals surface area contributed by atoms with E-state index in [2.05, 4.69) is 22.3 Å². The zero-order chi connectivity index (χ0) is 28.2. The molecule has 0 radical (unpaired) electrons. The largest absolute Gasteiger partial charge is 0.487 e. The number of rotatable bonds is 6. The lowest BCUT2D eigenvalue weighted by Gasteiger charge is -2.37. The lowest BCUT2D eigenvalue weighted by Crippen LogP contribution is -2.50. The third-order valence-corrected chi connectivity index (χ3v) is 8.38. The average Bonchev–Trinajstić information content (AvgIpc) is 3.17. The predicted octanol–water partition coefficient (Wildman–Crippen LogP) is 2.14. The van der Waals surface area contributed by atoms with Gasteiger partial charge in [0, 0.05) is 31.1 Å². The van der Waals surface area contributed by atoms with Gasteiger partial charge < -0.3 is 24.6 Å². The first-order valence-electron chi connectivity index (χ1n) is 12.4. The fourth-order valence-electron chi connectivity index (χ4n) is 4.04. The second-order valence-electron chi connectivity index (χ2n) is 9.95.